The lowest BCUT2D eigenvalue weighted by molar-refractivity contribution is 0.178. The number of hydrogen-bond donors (Lipinski definition) is 2. The first-order valence-electron chi connectivity index (χ1n) is 7.05. The van der Waals surface area contributed by atoms with Gasteiger partial charge in [-0.1, -0.05) is 20.3 Å². The van der Waals surface area contributed by atoms with Gasteiger partial charge in [0.05, 0.1) is 0 Å². The minimum atomic E-state index is 0.384. The van der Waals surface area contributed by atoms with Crippen LogP contribution >= 0.6 is 11.8 Å². The summed E-state index contributed by atoms with van der Waals surface area (Å²) in [6, 6.07) is 0.654. The maximum absolute atomic E-state index is 9.34. The topological polar surface area (TPSA) is 32.3 Å². The van der Waals surface area contributed by atoms with E-state index in [0.29, 0.717) is 29.9 Å². The highest BCUT2D eigenvalue weighted by Crippen LogP contribution is 2.35. The van der Waals surface area contributed by atoms with E-state index >= 15 is 0 Å². The number of thioether (sulfide) groups is 1. The summed E-state index contributed by atoms with van der Waals surface area (Å²) in [6.07, 6.45) is 5.16. The second-order valence-electron chi connectivity index (χ2n) is 6.41. The molecule has 1 aliphatic heterocycles. The molecule has 100 valence electrons. The Morgan fingerprint density at radius 1 is 1.29 bits per heavy atom. The molecule has 0 aromatic heterocycles. The smallest absolute Gasteiger partial charge is 0.0462 e. The third-order valence-corrected chi connectivity index (χ3v) is 5.86. The van der Waals surface area contributed by atoms with Crippen molar-refractivity contribution in [2.45, 2.75) is 45.6 Å². The zero-order valence-electron chi connectivity index (χ0n) is 11.2. The molecule has 3 unspecified atom stereocenters. The molecule has 1 aliphatic carbocycles. The predicted molar refractivity (Wildman–Crippen MR) is 75.4 cm³/mol. The van der Waals surface area contributed by atoms with Gasteiger partial charge in [-0.3, -0.25) is 0 Å². The fourth-order valence-electron chi connectivity index (χ4n) is 3.19. The quantitative estimate of drug-likeness (QED) is 0.812. The van der Waals surface area contributed by atoms with Crippen molar-refractivity contribution in [2.75, 3.05) is 24.7 Å². The van der Waals surface area contributed by atoms with Gasteiger partial charge < -0.3 is 10.4 Å². The summed E-state index contributed by atoms with van der Waals surface area (Å²) in [7, 11) is 0. The Labute approximate surface area is 110 Å². The summed E-state index contributed by atoms with van der Waals surface area (Å²) >= 11 is 2.08. The number of hydrogen-bond acceptors (Lipinski definition) is 3. The first kappa shape index (κ1) is 13.7. The molecule has 1 saturated carbocycles. The Balaban J connectivity index is 1.80. The van der Waals surface area contributed by atoms with E-state index in [4.69, 9.17) is 0 Å². The molecule has 2 fully saturated rings. The van der Waals surface area contributed by atoms with Gasteiger partial charge in [0.15, 0.2) is 0 Å². The van der Waals surface area contributed by atoms with Gasteiger partial charge in [0.2, 0.25) is 0 Å². The van der Waals surface area contributed by atoms with Crippen LogP contribution in [0.15, 0.2) is 0 Å². The zero-order valence-corrected chi connectivity index (χ0v) is 12.1. The minimum Gasteiger partial charge on any atom is -0.396 e. The summed E-state index contributed by atoms with van der Waals surface area (Å²) in [5.74, 6) is 3.83. The van der Waals surface area contributed by atoms with E-state index in [9.17, 15) is 5.11 Å². The van der Waals surface area contributed by atoms with Crippen molar-refractivity contribution in [3.05, 3.63) is 0 Å². The van der Waals surface area contributed by atoms with Crippen molar-refractivity contribution in [1.82, 2.24) is 5.32 Å². The molecular weight excluding hydrogens is 230 g/mol. The first-order chi connectivity index (χ1) is 8.13. The third kappa shape index (κ3) is 3.39. The fourth-order valence-corrected chi connectivity index (χ4v) is 4.83. The molecule has 0 aromatic carbocycles. The highest BCUT2D eigenvalue weighted by atomic mass is 32.2. The van der Waals surface area contributed by atoms with Crippen molar-refractivity contribution >= 4 is 11.8 Å². The van der Waals surface area contributed by atoms with Crippen LogP contribution in [0, 0.1) is 17.3 Å². The van der Waals surface area contributed by atoms with E-state index in [1.807, 2.05) is 0 Å². The molecule has 1 heterocycles. The molecule has 0 bridgehead atoms. The van der Waals surface area contributed by atoms with Gasteiger partial charge in [-0.15, -0.1) is 0 Å². The second-order valence-corrected chi connectivity index (χ2v) is 7.56. The number of rotatable bonds is 4. The van der Waals surface area contributed by atoms with E-state index in [1.54, 1.807) is 0 Å². The largest absolute Gasteiger partial charge is 0.396 e. The number of nitrogens with one attached hydrogen (secondary N) is 1. The van der Waals surface area contributed by atoms with Crippen LogP contribution in [-0.4, -0.2) is 35.8 Å². The lowest BCUT2D eigenvalue weighted by atomic mass is 9.82. The normalized spacial score (nSPS) is 37.2. The zero-order chi connectivity index (χ0) is 12.3. The Hall–Kier alpha value is 0.270. The molecule has 2 aliphatic rings. The van der Waals surface area contributed by atoms with Crippen molar-refractivity contribution in [1.29, 1.82) is 0 Å². The van der Waals surface area contributed by atoms with Gasteiger partial charge in [-0.2, -0.15) is 11.8 Å². The molecule has 0 aromatic rings. The second kappa shape index (κ2) is 5.94. The summed E-state index contributed by atoms with van der Waals surface area (Å²) in [6.45, 7) is 6.28. The van der Waals surface area contributed by atoms with Crippen LogP contribution in [-0.2, 0) is 0 Å². The van der Waals surface area contributed by atoms with Crippen LogP contribution in [0.2, 0.25) is 0 Å². The van der Waals surface area contributed by atoms with Crippen molar-refractivity contribution in [2.24, 2.45) is 17.3 Å². The predicted octanol–water partition coefficient (Wildman–Crippen LogP) is 2.52. The van der Waals surface area contributed by atoms with E-state index in [1.165, 1.54) is 37.2 Å². The van der Waals surface area contributed by atoms with E-state index in [-0.39, 0.29) is 0 Å². The molecule has 0 radical (unpaired) electrons. The average molecular weight is 257 g/mol. The monoisotopic (exact) mass is 257 g/mol. The van der Waals surface area contributed by atoms with E-state index in [2.05, 4.69) is 30.9 Å². The van der Waals surface area contributed by atoms with Gasteiger partial charge in [0.1, 0.15) is 0 Å². The Kier molecular flexibility index (Phi) is 4.79. The highest BCUT2D eigenvalue weighted by molar-refractivity contribution is 7.99. The molecule has 0 spiro atoms. The molecule has 0 amide bonds. The van der Waals surface area contributed by atoms with Crippen molar-refractivity contribution < 1.29 is 5.11 Å². The molecule has 17 heavy (non-hydrogen) atoms. The summed E-state index contributed by atoms with van der Waals surface area (Å²) < 4.78 is 0. The third-order valence-electron chi connectivity index (χ3n) is 4.80. The SMILES string of the molecule is CC1(C)CCSCC1NCC1CCCC1CO. The van der Waals surface area contributed by atoms with Gasteiger partial charge in [0.25, 0.3) is 0 Å². The Morgan fingerprint density at radius 3 is 2.76 bits per heavy atom. The van der Waals surface area contributed by atoms with Crippen LogP contribution in [0.25, 0.3) is 0 Å². The van der Waals surface area contributed by atoms with Crippen molar-refractivity contribution in [3.63, 3.8) is 0 Å². The summed E-state index contributed by atoms with van der Waals surface area (Å²) in [5.41, 5.74) is 0.443. The van der Waals surface area contributed by atoms with E-state index < -0.39 is 0 Å². The molecular formula is C14H27NOS. The molecule has 3 atom stereocenters. The molecule has 2 nitrogen and oxygen atoms in total. The Bertz CT molecular complexity index is 244. The standard InChI is InChI=1S/C14H27NOS/c1-14(2)6-7-17-10-13(14)15-8-11-4-3-5-12(11)9-16/h11-13,15-16H,3-10H2,1-2H3. The van der Waals surface area contributed by atoms with E-state index in [0.717, 1.165) is 6.54 Å². The first-order valence-corrected chi connectivity index (χ1v) is 8.21. The van der Waals surface area contributed by atoms with Gasteiger partial charge in [0, 0.05) is 18.4 Å². The van der Waals surface area contributed by atoms with Gasteiger partial charge >= 0.3 is 0 Å². The molecule has 3 heteroatoms. The van der Waals surface area contributed by atoms with Crippen LogP contribution < -0.4 is 5.32 Å². The number of aliphatic hydroxyl groups is 1. The highest BCUT2D eigenvalue weighted by Gasteiger charge is 2.34. The Morgan fingerprint density at radius 2 is 2.06 bits per heavy atom. The van der Waals surface area contributed by atoms with Gasteiger partial charge in [-0.25, -0.2) is 0 Å². The summed E-state index contributed by atoms with van der Waals surface area (Å²) in [4.78, 5) is 0. The average Bonchev–Trinajstić information content (AvgIpc) is 2.74. The van der Waals surface area contributed by atoms with Crippen LogP contribution in [0.1, 0.15) is 39.5 Å². The molecule has 2 rings (SSSR count). The lowest BCUT2D eigenvalue weighted by Crippen LogP contribution is -2.48. The maximum Gasteiger partial charge on any atom is 0.0462 e. The van der Waals surface area contributed by atoms with Gasteiger partial charge in [-0.05, 0) is 48.8 Å². The molecule has 2 N–H and O–H groups in total. The fraction of sp³-hybridized carbons (Fsp3) is 1.00. The number of aliphatic hydroxyl groups excluding tert-OH is 1. The van der Waals surface area contributed by atoms with Crippen molar-refractivity contribution in [3.8, 4) is 0 Å². The van der Waals surface area contributed by atoms with Crippen LogP contribution in [0.5, 0.6) is 0 Å². The summed E-state index contributed by atoms with van der Waals surface area (Å²) in [5, 5.41) is 13.1. The van der Waals surface area contributed by atoms with Crippen LogP contribution in [0.3, 0.4) is 0 Å². The van der Waals surface area contributed by atoms with Crippen LogP contribution in [0.4, 0.5) is 0 Å². The minimum absolute atomic E-state index is 0.384. The molecule has 1 saturated heterocycles. The lowest BCUT2D eigenvalue weighted by Gasteiger charge is -2.39. The maximum atomic E-state index is 9.34.